The van der Waals surface area contributed by atoms with Crippen LogP contribution in [0.1, 0.15) is 12.6 Å². The molecular formula is C11H16N2O4. The summed E-state index contributed by atoms with van der Waals surface area (Å²) in [5, 5.41) is 17.9. The van der Waals surface area contributed by atoms with Crippen molar-refractivity contribution in [1.29, 1.82) is 0 Å². The number of pyridine rings is 1. The van der Waals surface area contributed by atoms with E-state index in [9.17, 15) is 14.7 Å². The minimum atomic E-state index is -0.920. The predicted octanol–water partition coefficient (Wildman–Crippen LogP) is 0.0902. The van der Waals surface area contributed by atoms with Gasteiger partial charge in [-0.3, -0.25) is 14.5 Å². The molecule has 0 fully saturated rings. The third-order valence-corrected chi connectivity index (χ3v) is 2.37. The van der Waals surface area contributed by atoms with E-state index in [2.05, 4.69) is 0 Å². The number of rotatable bonds is 5. The van der Waals surface area contributed by atoms with Crippen molar-refractivity contribution < 1.29 is 15.0 Å². The Labute approximate surface area is 98.7 Å². The van der Waals surface area contributed by atoms with E-state index >= 15 is 0 Å². The van der Waals surface area contributed by atoms with Crippen LogP contribution in [0.2, 0.25) is 0 Å². The third-order valence-electron chi connectivity index (χ3n) is 2.37. The van der Waals surface area contributed by atoms with Crippen molar-refractivity contribution in [2.75, 3.05) is 13.6 Å². The molecule has 0 spiro atoms. The van der Waals surface area contributed by atoms with Gasteiger partial charge in [0.1, 0.15) is 0 Å². The minimum Gasteiger partial charge on any atom is -0.503 e. The largest absolute Gasteiger partial charge is 0.503 e. The highest BCUT2D eigenvalue weighted by Gasteiger charge is 2.09. The normalized spacial score (nSPS) is 10.8. The molecule has 0 aliphatic carbocycles. The van der Waals surface area contributed by atoms with Crippen LogP contribution in [-0.4, -0.2) is 39.2 Å². The number of hydrogen-bond acceptors (Lipinski definition) is 4. The predicted molar refractivity (Wildman–Crippen MR) is 62.0 cm³/mol. The quantitative estimate of drug-likeness (QED) is 0.762. The van der Waals surface area contributed by atoms with Gasteiger partial charge in [-0.25, -0.2) is 0 Å². The fourth-order valence-electron chi connectivity index (χ4n) is 1.60. The second kappa shape index (κ2) is 5.49. The van der Waals surface area contributed by atoms with Crippen molar-refractivity contribution in [3.63, 3.8) is 0 Å². The summed E-state index contributed by atoms with van der Waals surface area (Å²) in [5.74, 6) is -1.21. The van der Waals surface area contributed by atoms with Crippen LogP contribution in [0.3, 0.4) is 0 Å². The summed E-state index contributed by atoms with van der Waals surface area (Å²) in [5.41, 5.74) is 0.229. The van der Waals surface area contributed by atoms with Crippen LogP contribution in [-0.2, 0) is 17.9 Å². The molecule has 1 aromatic rings. The standard InChI is InChI=1S/C11H16N2O4/c1-3-13-6-10(15)9(14)4-8(13)5-12(2)7-11(16)17/h4,6,15H,3,5,7H2,1-2H3,(H,16,17). The molecule has 0 aliphatic rings. The highest BCUT2D eigenvalue weighted by atomic mass is 16.4. The first-order chi connectivity index (χ1) is 7.93. The van der Waals surface area contributed by atoms with E-state index < -0.39 is 11.4 Å². The number of hydrogen-bond donors (Lipinski definition) is 2. The Morgan fingerprint density at radius 2 is 2.18 bits per heavy atom. The van der Waals surface area contributed by atoms with E-state index in [-0.39, 0.29) is 12.3 Å². The lowest BCUT2D eigenvalue weighted by Crippen LogP contribution is -2.27. The van der Waals surface area contributed by atoms with Crippen molar-refractivity contribution in [2.45, 2.75) is 20.0 Å². The first-order valence-corrected chi connectivity index (χ1v) is 5.26. The molecule has 2 N–H and O–H groups in total. The number of carboxylic acid groups (broad SMARTS) is 1. The number of aryl methyl sites for hydroxylation is 1. The maximum absolute atomic E-state index is 11.3. The van der Waals surface area contributed by atoms with Crippen LogP contribution >= 0.6 is 0 Å². The molecule has 17 heavy (non-hydrogen) atoms. The van der Waals surface area contributed by atoms with Gasteiger partial charge in [0, 0.05) is 24.8 Å². The summed E-state index contributed by atoms with van der Waals surface area (Å²) in [6.45, 7) is 2.73. The molecule has 0 radical (unpaired) electrons. The molecule has 1 heterocycles. The molecule has 0 amide bonds. The highest BCUT2D eigenvalue weighted by Crippen LogP contribution is 2.07. The molecule has 0 bridgehead atoms. The van der Waals surface area contributed by atoms with Gasteiger partial charge < -0.3 is 14.8 Å². The van der Waals surface area contributed by atoms with E-state index in [0.29, 0.717) is 18.8 Å². The third kappa shape index (κ3) is 3.60. The average Bonchev–Trinajstić information content (AvgIpc) is 2.21. The summed E-state index contributed by atoms with van der Waals surface area (Å²) >= 11 is 0. The van der Waals surface area contributed by atoms with E-state index in [4.69, 9.17) is 5.11 Å². The van der Waals surface area contributed by atoms with Gasteiger partial charge in [0.15, 0.2) is 5.75 Å². The van der Waals surface area contributed by atoms with Crippen molar-refractivity contribution >= 4 is 5.97 Å². The fraction of sp³-hybridized carbons (Fsp3) is 0.455. The zero-order valence-electron chi connectivity index (χ0n) is 9.88. The van der Waals surface area contributed by atoms with Crippen LogP contribution in [0.15, 0.2) is 17.1 Å². The van der Waals surface area contributed by atoms with Crippen molar-refractivity contribution in [1.82, 2.24) is 9.47 Å². The number of carboxylic acids is 1. The zero-order chi connectivity index (χ0) is 13.0. The van der Waals surface area contributed by atoms with Gasteiger partial charge in [0.2, 0.25) is 5.43 Å². The van der Waals surface area contributed by atoms with Crippen LogP contribution in [0.4, 0.5) is 0 Å². The monoisotopic (exact) mass is 240 g/mol. The van der Waals surface area contributed by atoms with E-state index in [1.807, 2.05) is 6.92 Å². The molecule has 0 aromatic carbocycles. The number of nitrogens with zero attached hydrogens (tertiary/aromatic N) is 2. The Balaban J connectivity index is 2.93. The minimum absolute atomic E-state index is 0.0984. The number of carbonyl (C=O) groups is 1. The molecule has 0 aliphatic heterocycles. The lowest BCUT2D eigenvalue weighted by molar-refractivity contribution is -0.138. The highest BCUT2D eigenvalue weighted by molar-refractivity contribution is 5.68. The summed E-state index contributed by atoms with van der Waals surface area (Å²) < 4.78 is 1.72. The van der Waals surface area contributed by atoms with Gasteiger partial charge in [-0.15, -0.1) is 0 Å². The fourth-order valence-corrected chi connectivity index (χ4v) is 1.60. The molecule has 1 rings (SSSR count). The van der Waals surface area contributed by atoms with Gasteiger partial charge in [0.05, 0.1) is 12.7 Å². The van der Waals surface area contributed by atoms with Gasteiger partial charge >= 0.3 is 5.97 Å². The van der Waals surface area contributed by atoms with Crippen molar-refractivity contribution in [3.05, 3.63) is 28.2 Å². The molecule has 0 atom stereocenters. The van der Waals surface area contributed by atoms with E-state index in [1.165, 1.54) is 12.3 Å². The Morgan fingerprint density at radius 1 is 1.53 bits per heavy atom. The Hall–Kier alpha value is -1.82. The number of aromatic hydroxyl groups is 1. The zero-order valence-corrected chi connectivity index (χ0v) is 9.88. The van der Waals surface area contributed by atoms with Crippen molar-refractivity contribution in [3.8, 4) is 5.75 Å². The van der Waals surface area contributed by atoms with Crippen LogP contribution in [0, 0.1) is 0 Å². The molecule has 1 aromatic heterocycles. The molecule has 6 nitrogen and oxygen atoms in total. The lowest BCUT2D eigenvalue weighted by Gasteiger charge is -2.17. The van der Waals surface area contributed by atoms with Gasteiger partial charge in [-0.2, -0.15) is 0 Å². The summed E-state index contributed by atoms with van der Waals surface area (Å²) in [6.07, 6.45) is 1.37. The second-order valence-electron chi connectivity index (χ2n) is 3.87. The van der Waals surface area contributed by atoms with E-state index in [0.717, 1.165) is 0 Å². The molecule has 0 saturated heterocycles. The summed E-state index contributed by atoms with van der Waals surface area (Å²) in [7, 11) is 1.66. The first kappa shape index (κ1) is 13.2. The summed E-state index contributed by atoms with van der Waals surface area (Å²) in [4.78, 5) is 23.4. The van der Waals surface area contributed by atoms with Crippen LogP contribution in [0.25, 0.3) is 0 Å². The number of likely N-dealkylation sites (N-methyl/N-ethyl adjacent to an activating group) is 1. The Morgan fingerprint density at radius 3 is 2.71 bits per heavy atom. The molecule has 6 heteroatoms. The molecule has 0 saturated carbocycles. The first-order valence-electron chi connectivity index (χ1n) is 5.26. The van der Waals surface area contributed by atoms with Crippen LogP contribution < -0.4 is 5.43 Å². The Bertz CT molecular complexity index is 467. The topological polar surface area (TPSA) is 82.8 Å². The summed E-state index contributed by atoms with van der Waals surface area (Å²) in [6, 6.07) is 1.33. The Kier molecular flexibility index (Phi) is 4.28. The SMILES string of the molecule is CCn1cc(O)c(=O)cc1CN(C)CC(=O)O. The molecule has 94 valence electrons. The second-order valence-corrected chi connectivity index (χ2v) is 3.87. The maximum atomic E-state index is 11.3. The van der Waals surface area contributed by atoms with Gasteiger partial charge in [0.25, 0.3) is 0 Å². The van der Waals surface area contributed by atoms with Crippen LogP contribution in [0.5, 0.6) is 5.75 Å². The smallest absolute Gasteiger partial charge is 0.317 e. The number of aliphatic carboxylic acids is 1. The van der Waals surface area contributed by atoms with Crippen molar-refractivity contribution in [2.24, 2.45) is 0 Å². The van der Waals surface area contributed by atoms with E-state index in [1.54, 1.807) is 16.5 Å². The molecule has 0 unspecified atom stereocenters. The lowest BCUT2D eigenvalue weighted by atomic mass is 10.3. The number of aromatic nitrogens is 1. The van der Waals surface area contributed by atoms with Gasteiger partial charge in [-0.1, -0.05) is 0 Å². The average molecular weight is 240 g/mol. The van der Waals surface area contributed by atoms with Gasteiger partial charge in [-0.05, 0) is 14.0 Å². The molecular weight excluding hydrogens is 224 g/mol. The maximum Gasteiger partial charge on any atom is 0.317 e.